The lowest BCUT2D eigenvalue weighted by molar-refractivity contribution is 0.0162. The van der Waals surface area contributed by atoms with Gasteiger partial charge in [-0.1, -0.05) is 6.42 Å². The Kier molecular flexibility index (Phi) is 9.05. The molecule has 1 saturated carbocycles. The molecule has 1 heterocycles. The van der Waals surface area contributed by atoms with Gasteiger partial charge in [0, 0.05) is 46.9 Å². The van der Waals surface area contributed by atoms with E-state index in [2.05, 4.69) is 15.6 Å². The lowest BCUT2D eigenvalue weighted by atomic mass is 9.67. The maximum absolute atomic E-state index is 12.3. The number of nitrogens with zero attached hydrogens (tertiary/aromatic N) is 2. The van der Waals surface area contributed by atoms with Crippen LogP contribution in [0.5, 0.6) is 0 Å². The second kappa shape index (κ2) is 11.0. The average Bonchev–Trinajstić information content (AvgIpc) is 2.64. The molecule has 1 atom stereocenters. The van der Waals surface area contributed by atoms with Gasteiger partial charge in [0.1, 0.15) is 5.60 Å². The first-order valence-corrected chi connectivity index (χ1v) is 11.2. The number of piperidine rings is 1. The lowest BCUT2D eigenvalue weighted by Crippen LogP contribution is -2.47. The summed E-state index contributed by atoms with van der Waals surface area (Å²) in [6.45, 7) is 9.95. The molecule has 7 nitrogen and oxygen atoms in total. The van der Waals surface area contributed by atoms with Gasteiger partial charge in [0.15, 0.2) is 5.96 Å². The largest absolute Gasteiger partial charge is 0.444 e. The van der Waals surface area contributed by atoms with E-state index in [1.165, 1.54) is 19.3 Å². The van der Waals surface area contributed by atoms with Crippen molar-refractivity contribution >= 4 is 12.1 Å². The minimum atomic E-state index is -0.440. The number of likely N-dealkylation sites (tertiary alicyclic amines) is 1. The fourth-order valence-electron chi connectivity index (χ4n) is 4.19. The van der Waals surface area contributed by atoms with Crippen molar-refractivity contribution in [3.05, 3.63) is 0 Å². The molecule has 2 aliphatic rings. The Balaban J connectivity index is 1.70. The van der Waals surface area contributed by atoms with Gasteiger partial charge in [0.25, 0.3) is 0 Å². The van der Waals surface area contributed by atoms with Crippen molar-refractivity contribution in [2.24, 2.45) is 16.3 Å². The molecule has 0 radical (unpaired) electrons. The van der Waals surface area contributed by atoms with E-state index >= 15 is 0 Å². The van der Waals surface area contributed by atoms with Gasteiger partial charge in [0.05, 0.1) is 0 Å². The fraction of sp³-hybridized carbons (Fsp3) is 0.909. The van der Waals surface area contributed by atoms with Crippen molar-refractivity contribution in [3.8, 4) is 0 Å². The molecule has 1 aliphatic carbocycles. The van der Waals surface area contributed by atoms with Crippen LogP contribution in [0.2, 0.25) is 0 Å². The van der Waals surface area contributed by atoms with Crippen molar-refractivity contribution in [1.29, 1.82) is 0 Å². The first-order chi connectivity index (χ1) is 13.8. The van der Waals surface area contributed by atoms with E-state index < -0.39 is 5.60 Å². The SMILES string of the molecule is CN=C(NCCC1CCCN(C(=O)OC(C)(C)C)C1)NCC1(CCOC)CCC1. The molecule has 29 heavy (non-hydrogen) atoms. The van der Waals surface area contributed by atoms with E-state index in [1.807, 2.05) is 32.7 Å². The molecule has 1 saturated heterocycles. The summed E-state index contributed by atoms with van der Waals surface area (Å²) < 4.78 is 10.8. The quantitative estimate of drug-likeness (QED) is 0.474. The highest BCUT2D eigenvalue weighted by Crippen LogP contribution is 2.43. The van der Waals surface area contributed by atoms with E-state index in [9.17, 15) is 4.79 Å². The Morgan fingerprint density at radius 2 is 2.00 bits per heavy atom. The summed E-state index contributed by atoms with van der Waals surface area (Å²) in [5, 5.41) is 6.96. The van der Waals surface area contributed by atoms with E-state index in [0.717, 1.165) is 64.4 Å². The summed E-state index contributed by atoms with van der Waals surface area (Å²) in [4.78, 5) is 18.6. The zero-order chi connectivity index (χ0) is 21.3. The van der Waals surface area contributed by atoms with Crippen molar-refractivity contribution < 1.29 is 14.3 Å². The molecule has 1 unspecified atom stereocenters. The third-order valence-electron chi connectivity index (χ3n) is 6.12. The van der Waals surface area contributed by atoms with Gasteiger partial charge in [-0.2, -0.15) is 0 Å². The highest BCUT2D eigenvalue weighted by atomic mass is 16.6. The third kappa shape index (κ3) is 8.03. The maximum Gasteiger partial charge on any atom is 0.410 e. The Bertz CT molecular complexity index is 541. The number of carbonyl (C=O) groups is 1. The Morgan fingerprint density at radius 3 is 2.59 bits per heavy atom. The van der Waals surface area contributed by atoms with Crippen LogP contribution in [0.3, 0.4) is 0 Å². The summed E-state index contributed by atoms with van der Waals surface area (Å²) in [6.07, 6.45) is 7.99. The number of rotatable bonds is 8. The number of hydrogen-bond donors (Lipinski definition) is 2. The molecule has 0 aromatic heterocycles. The lowest BCUT2D eigenvalue weighted by Gasteiger charge is -2.42. The Hall–Kier alpha value is -1.50. The molecular formula is C22H42N4O3. The molecule has 1 amide bonds. The number of amides is 1. The highest BCUT2D eigenvalue weighted by Gasteiger charge is 2.36. The summed E-state index contributed by atoms with van der Waals surface area (Å²) in [5.74, 6) is 1.37. The number of ether oxygens (including phenoxy) is 2. The fourth-order valence-corrected chi connectivity index (χ4v) is 4.19. The van der Waals surface area contributed by atoms with Crippen molar-refractivity contribution in [2.75, 3.05) is 46.9 Å². The molecule has 2 rings (SSSR count). The van der Waals surface area contributed by atoms with Gasteiger partial charge in [-0.05, 0) is 70.6 Å². The van der Waals surface area contributed by atoms with E-state index in [0.29, 0.717) is 11.3 Å². The van der Waals surface area contributed by atoms with E-state index in [1.54, 1.807) is 7.11 Å². The third-order valence-corrected chi connectivity index (χ3v) is 6.12. The van der Waals surface area contributed by atoms with Crippen LogP contribution < -0.4 is 10.6 Å². The molecule has 0 spiro atoms. The van der Waals surface area contributed by atoms with Gasteiger partial charge >= 0.3 is 6.09 Å². The first kappa shape index (κ1) is 23.8. The second-order valence-electron chi connectivity index (χ2n) is 9.67. The van der Waals surface area contributed by atoms with Crippen molar-refractivity contribution in [1.82, 2.24) is 15.5 Å². The van der Waals surface area contributed by atoms with Crippen LogP contribution in [0.25, 0.3) is 0 Å². The number of hydrogen-bond acceptors (Lipinski definition) is 4. The second-order valence-corrected chi connectivity index (χ2v) is 9.67. The average molecular weight is 411 g/mol. The summed E-state index contributed by atoms with van der Waals surface area (Å²) in [7, 11) is 3.60. The molecule has 0 bridgehead atoms. The van der Waals surface area contributed by atoms with Crippen LogP contribution in [0.15, 0.2) is 4.99 Å². The minimum absolute atomic E-state index is 0.186. The normalized spacial score (nSPS) is 22.0. The van der Waals surface area contributed by atoms with Crippen LogP contribution in [0.1, 0.15) is 65.7 Å². The maximum atomic E-state index is 12.3. The number of guanidine groups is 1. The molecule has 168 valence electrons. The van der Waals surface area contributed by atoms with Crippen LogP contribution in [-0.2, 0) is 9.47 Å². The van der Waals surface area contributed by atoms with Crippen LogP contribution in [0.4, 0.5) is 4.79 Å². The zero-order valence-corrected chi connectivity index (χ0v) is 19.2. The van der Waals surface area contributed by atoms with Gasteiger partial charge in [-0.3, -0.25) is 4.99 Å². The van der Waals surface area contributed by atoms with Gasteiger partial charge in [-0.25, -0.2) is 4.79 Å². The smallest absolute Gasteiger partial charge is 0.410 e. The molecule has 0 aromatic carbocycles. The van der Waals surface area contributed by atoms with Crippen molar-refractivity contribution in [2.45, 2.75) is 71.3 Å². The summed E-state index contributed by atoms with van der Waals surface area (Å²) >= 11 is 0. The van der Waals surface area contributed by atoms with E-state index in [-0.39, 0.29) is 6.09 Å². The van der Waals surface area contributed by atoms with E-state index in [4.69, 9.17) is 9.47 Å². The number of methoxy groups -OCH3 is 1. The summed E-state index contributed by atoms with van der Waals surface area (Å²) in [6, 6.07) is 0. The molecule has 2 fully saturated rings. The van der Waals surface area contributed by atoms with Crippen LogP contribution in [-0.4, -0.2) is 69.5 Å². The molecule has 1 aliphatic heterocycles. The first-order valence-electron chi connectivity index (χ1n) is 11.2. The molecule has 2 N–H and O–H groups in total. The van der Waals surface area contributed by atoms with Gasteiger partial charge < -0.3 is 25.0 Å². The minimum Gasteiger partial charge on any atom is -0.444 e. The van der Waals surface area contributed by atoms with Crippen LogP contribution >= 0.6 is 0 Å². The Labute approximate surface area is 177 Å². The number of carbonyl (C=O) groups excluding carboxylic acids is 1. The number of aliphatic imine (C=N–C) groups is 1. The van der Waals surface area contributed by atoms with Crippen LogP contribution in [0, 0.1) is 11.3 Å². The molecule has 7 heteroatoms. The number of nitrogens with one attached hydrogen (secondary N) is 2. The Morgan fingerprint density at radius 1 is 1.24 bits per heavy atom. The summed E-state index contributed by atoms with van der Waals surface area (Å²) in [5.41, 5.74) is -0.0737. The molecular weight excluding hydrogens is 368 g/mol. The van der Waals surface area contributed by atoms with Gasteiger partial charge in [-0.15, -0.1) is 0 Å². The standard InChI is InChI=1S/C22H42N4O3/c1-21(2,3)29-20(27)26-14-6-8-18(16-26)9-13-24-19(23-4)25-17-22(10-7-11-22)12-15-28-5/h18H,6-17H2,1-5H3,(H2,23,24,25). The monoisotopic (exact) mass is 410 g/mol. The van der Waals surface area contributed by atoms with Crippen molar-refractivity contribution in [3.63, 3.8) is 0 Å². The van der Waals surface area contributed by atoms with Gasteiger partial charge in [0.2, 0.25) is 0 Å². The predicted octanol–water partition coefficient (Wildman–Crippen LogP) is 3.40. The predicted molar refractivity (Wildman–Crippen MR) is 117 cm³/mol. The molecule has 0 aromatic rings. The highest BCUT2D eigenvalue weighted by molar-refractivity contribution is 5.79. The zero-order valence-electron chi connectivity index (χ0n) is 19.2. The topological polar surface area (TPSA) is 75.2 Å².